The summed E-state index contributed by atoms with van der Waals surface area (Å²) in [4.78, 5) is 23.2. The highest BCUT2D eigenvalue weighted by Gasteiger charge is 2.34. The fourth-order valence-corrected chi connectivity index (χ4v) is 2.10. The molecule has 0 saturated carbocycles. The molecule has 5 heteroatoms. The Labute approximate surface area is 119 Å². The van der Waals surface area contributed by atoms with Gasteiger partial charge in [-0.05, 0) is 30.5 Å². The second-order valence-corrected chi connectivity index (χ2v) is 4.99. The minimum absolute atomic E-state index is 0.149. The minimum Gasteiger partial charge on any atom is -0.481 e. The summed E-state index contributed by atoms with van der Waals surface area (Å²) >= 11 is 0. The summed E-state index contributed by atoms with van der Waals surface area (Å²) in [5.74, 6) is -1.06. The van der Waals surface area contributed by atoms with E-state index in [9.17, 15) is 14.7 Å². The molecule has 1 aromatic carbocycles. The lowest BCUT2D eigenvalue weighted by Gasteiger charge is -2.26. The molecular formula is C15H22N2O3. The van der Waals surface area contributed by atoms with Crippen LogP contribution < -0.4 is 11.1 Å². The lowest BCUT2D eigenvalue weighted by molar-refractivity contribution is -0.149. The molecule has 110 valence electrons. The average Bonchev–Trinajstić information content (AvgIpc) is 2.40. The number of benzene rings is 1. The van der Waals surface area contributed by atoms with Crippen LogP contribution in [0, 0.1) is 5.41 Å². The van der Waals surface area contributed by atoms with Crippen molar-refractivity contribution in [3.63, 3.8) is 0 Å². The van der Waals surface area contributed by atoms with Crippen molar-refractivity contribution < 1.29 is 14.7 Å². The van der Waals surface area contributed by atoms with Crippen molar-refractivity contribution in [2.24, 2.45) is 5.41 Å². The van der Waals surface area contributed by atoms with E-state index < -0.39 is 11.4 Å². The van der Waals surface area contributed by atoms with Gasteiger partial charge >= 0.3 is 5.97 Å². The van der Waals surface area contributed by atoms with Gasteiger partial charge in [0.05, 0.1) is 11.8 Å². The molecule has 0 aliphatic rings. The highest BCUT2D eigenvalue weighted by molar-refractivity contribution is 5.80. The Hall–Kier alpha value is -2.04. The van der Waals surface area contributed by atoms with Crippen molar-refractivity contribution in [1.82, 2.24) is 5.32 Å². The minimum atomic E-state index is -0.884. The summed E-state index contributed by atoms with van der Waals surface area (Å²) in [6.07, 6.45) is 1.17. The number of hydrogen-bond acceptors (Lipinski definition) is 3. The molecule has 0 bridgehead atoms. The third kappa shape index (κ3) is 3.98. The molecule has 0 aliphatic heterocycles. The first-order valence-electron chi connectivity index (χ1n) is 6.78. The van der Waals surface area contributed by atoms with Crippen molar-refractivity contribution >= 4 is 17.6 Å². The number of nitrogen functional groups attached to an aromatic ring is 1. The van der Waals surface area contributed by atoms with Gasteiger partial charge < -0.3 is 16.2 Å². The molecule has 0 aliphatic carbocycles. The van der Waals surface area contributed by atoms with Gasteiger partial charge in [0.25, 0.3) is 0 Å². The molecule has 0 unspecified atom stereocenters. The number of anilines is 1. The maximum Gasteiger partial charge on any atom is 0.311 e. The van der Waals surface area contributed by atoms with Gasteiger partial charge in [0.2, 0.25) is 5.91 Å². The molecule has 0 radical (unpaired) electrons. The molecule has 1 aromatic rings. The molecule has 5 nitrogen and oxygen atoms in total. The van der Waals surface area contributed by atoms with Gasteiger partial charge in [-0.25, -0.2) is 0 Å². The SMILES string of the molecule is CCC(CC)(CNC(=O)Cc1cccc(N)c1)C(=O)O. The van der Waals surface area contributed by atoms with Crippen LogP contribution >= 0.6 is 0 Å². The second-order valence-electron chi connectivity index (χ2n) is 4.99. The highest BCUT2D eigenvalue weighted by Crippen LogP contribution is 2.25. The fourth-order valence-electron chi connectivity index (χ4n) is 2.10. The number of rotatable bonds is 7. The zero-order valence-corrected chi connectivity index (χ0v) is 12.0. The van der Waals surface area contributed by atoms with Crippen LogP contribution in [0.4, 0.5) is 5.69 Å². The first kappa shape index (κ1) is 16.0. The smallest absolute Gasteiger partial charge is 0.311 e. The Kier molecular flexibility index (Phi) is 5.55. The van der Waals surface area contributed by atoms with Gasteiger partial charge in [0.1, 0.15) is 0 Å². The molecule has 20 heavy (non-hydrogen) atoms. The Balaban J connectivity index is 2.61. The summed E-state index contributed by atoms with van der Waals surface area (Å²) in [6, 6.07) is 7.10. The summed E-state index contributed by atoms with van der Waals surface area (Å²) in [5, 5.41) is 12.0. The monoisotopic (exact) mass is 278 g/mol. The van der Waals surface area contributed by atoms with Crippen LogP contribution in [-0.4, -0.2) is 23.5 Å². The van der Waals surface area contributed by atoms with Crippen molar-refractivity contribution in [3.05, 3.63) is 29.8 Å². The van der Waals surface area contributed by atoms with Gasteiger partial charge in [-0.1, -0.05) is 26.0 Å². The Morgan fingerprint density at radius 3 is 2.45 bits per heavy atom. The van der Waals surface area contributed by atoms with Crippen LogP contribution in [0.25, 0.3) is 0 Å². The molecule has 0 spiro atoms. The van der Waals surface area contributed by atoms with Crippen molar-refractivity contribution in [2.45, 2.75) is 33.1 Å². The molecule has 1 rings (SSSR count). The lowest BCUT2D eigenvalue weighted by Crippen LogP contribution is -2.42. The number of hydrogen-bond donors (Lipinski definition) is 3. The van der Waals surface area contributed by atoms with E-state index in [-0.39, 0.29) is 18.9 Å². The quantitative estimate of drug-likeness (QED) is 0.663. The predicted octanol–water partition coefficient (Wildman–Crippen LogP) is 1.82. The van der Waals surface area contributed by atoms with Gasteiger partial charge in [-0.3, -0.25) is 9.59 Å². The van der Waals surface area contributed by atoms with Crippen LogP contribution in [0.5, 0.6) is 0 Å². The molecule has 1 amide bonds. The molecule has 0 aromatic heterocycles. The Morgan fingerprint density at radius 1 is 1.30 bits per heavy atom. The van der Waals surface area contributed by atoms with Crippen LogP contribution in [0.2, 0.25) is 0 Å². The van der Waals surface area contributed by atoms with Crippen LogP contribution in [-0.2, 0) is 16.0 Å². The maximum atomic E-state index is 11.9. The van der Waals surface area contributed by atoms with E-state index in [0.717, 1.165) is 5.56 Å². The third-order valence-corrected chi connectivity index (χ3v) is 3.75. The van der Waals surface area contributed by atoms with Crippen LogP contribution in [0.1, 0.15) is 32.3 Å². The zero-order chi connectivity index (χ0) is 15.2. The molecule has 0 fully saturated rings. The second kappa shape index (κ2) is 6.93. The summed E-state index contributed by atoms with van der Waals surface area (Å²) in [5.41, 5.74) is 6.19. The maximum absolute atomic E-state index is 11.9. The van der Waals surface area contributed by atoms with Crippen LogP contribution in [0.15, 0.2) is 24.3 Å². The predicted molar refractivity (Wildman–Crippen MR) is 78.2 cm³/mol. The number of carboxylic acids is 1. The van der Waals surface area contributed by atoms with Gasteiger partial charge in [-0.2, -0.15) is 0 Å². The van der Waals surface area contributed by atoms with E-state index in [1.54, 1.807) is 18.2 Å². The number of carboxylic acid groups (broad SMARTS) is 1. The molecule has 4 N–H and O–H groups in total. The summed E-state index contributed by atoms with van der Waals surface area (Å²) < 4.78 is 0. The largest absolute Gasteiger partial charge is 0.481 e. The van der Waals surface area contributed by atoms with E-state index in [1.165, 1.54) is 0 Å². The highest BCUT2D eigenvalue weighted by atomic mass is 16.4. The average molecular weight is 278 g/mol. The van der Waals surface area contributed by atoms with Crippen molar-refractivity contribution in [2.75, 3.05) is 12.3 Å². The first-order chi connectivity index (χ1) is 9.43. The summed E-state index contributed by atoms with van der Waals surface area (Å²) in [6.45, 7) is 3.79. The van der Waals surface area contributed by atoms with E-state index >= 15 is 0 Å². The number of carbonyl (C=O) groups excluding carboxylic acids is 1. The van der Waals surface area contributed by atoms with E-state index in [2.05, 4.69) is 5.32 Å². The fraction of sp³-hybridized carbons (Fsp3) is 0.467. The van der Waals surface area contributed by atoms with Crippen LogP contribution in [0.3, 0.4) is 0 Å². The first-order valence-corrected chi connectivity index (χ1v) is 6.78. The Bertz CT molecular complexity index is 482. The van der Waals surface area contributed by atoms with E-state index in [4.69, 9.17) is 5.73 Å². The van der Waals surface area contributed by atoms with Gasteiger partial charge in [-0.15, -0.1) is 0 Å². The van der Waals surface area contributed by atoms with E-state index in [1.807, 2.05) is 19.9 Å². The molecule has 0 heterocycles. The third-order valence-electron chi connectivity index (χ3n) is 3.75. The normalized spacial score (nSPS) is 11.1. The van der Waals surface area contributed by atoms with Gasteiger partial charge in [0, 0.05) is 12.2 Å². The molecular weight excluding hydrogens is 256 g/mol. The number of carbonyl (C=O) groups is 2. The molecule has 0 saturated heterocycles. The van der Waals surface area contributed by atoms with Crippen molar-refractivity contribution in [3.8, 4) is 0 Å². The van der Waals surface area contributed by atoms with E-state index in [0.29, 0.717) is 18.5 Å². The standard InChI is InChI=1S/C15H22N2O3/c1-3-15(4-2,14(19)20)10-17-13(18)9-11-6-5-7-12(16)8-11/h5-8H,3-4,9-10,16H2,1-2H3,(H,17,18)(H,19,20). The topological polar surface area (TPSA) is 92.4 Å². The van der Waals surface area contributed by atoms with Gasteiger partial charge in [0.15, 0.2) is 0 Å². The van der Waals surface area contributed by atoms with Crippen molar-refractivity contribution in [1.29, 1.82) is 0 Å². The number of nitrogens with one attached hydrogen (secondary N) is 1. The Morgan fingerprint density at radius 2 is 1.95 bits per heavy atom. The zero-order valence-electron chi connectivity index (χ0n) is 12.0. The summed E-state index contributed by atoms with van der Waals surface area (Å²) in [7, 11) is 0. The molecule has 0 atom stereocenters. The lowest BCUT2D eigenvalue weighted by atomic mass is 9.82. The number of amides is 1. The number of aliphatic carboxylic acids is 1. The number of nitrogens with two attached hydrogens (primary N) is 1.